The number of carbonyl (C=O) groups is 1. The van der Waals surface area contributed by atoms with Crippen LogP contribution in [-0.2, 0) is 6.54 Å². The molecule has 2 amide bonds. The molecule has 5 heteroatoms. The van der Waals surface area contributed by atoms with Gasteiger partial charge in [-0.2, -0.15) is 0 Å². The van der Waals surface area contributed by atoms with E-state index in [-0.39, 0.29) is 18.2 Å². The average Bonchev–Trinajstić information content (AvgIpc) is 2.33. The van der Waals surface area contributed by atoms with Crippen LogP contribution in [0.4, 0.5) is 4.79 Å². The predicted molar refractivity (Wildman–Crippen MR) is 92.7 cm³/mol. The van der Waals surface area contributed by atoms with E-state index in [1.165, 1.54) is 4.90 Å². The molecule has 5 nitrogen and oxygen atoms in total. The lowest BCUT2D eigenvalue weighted by Gasteiger charge is -2.26. The normalized spacial score (nSPS) is 12.0. The zero-order valence-electron chi connectivity index (χ0n) is 15.4. The van der Waals surface area contributed by atoms with Crippen molar-refractivity contribution in [2.75, 3.05) is 13.6 Å². The maximum absolute atomic E-state index is 12.1. The van der Waals surface area contributed by atoms with E-state index in [0.717, 1.165) is 16.9 Å². The lowest BCUT2D eigenvalue weighted by atomic mass is 10.1. The highest BCUT2D eigenvalue weighted by molar-refractivity contribution is 5.74. The highest BCUT2D eigenvalue weighted by Gasteiger charge is 2.20. The molecule has 130 valence electrons. The number of ether oxygens (including phenoxy) is 1. The summed E-state index contributed by atoms with van der Waals surface area (Å²) in [6.45, 7) is 12.0. The van der Waals surface area contributed by atoms with Crippen LogP contribution in [0.25, 0.3) is 0 Å². The van der Waals surface area contributed by atoms with Crippen LogP contribution in [0.5, 0.6) is 5.75 Å². The van der Waals surface area contributed by atoms with Crippen molar-refractivity contribution in [3.05, 3.63) is 29.3 Å². The Morgan fingerprint density at radius 2 is 1.87 bits per heavy atom. The summed E-state index contributed by atoms with van der Waals surface area (Å²) in [4.78, 5) is 13.6. The second-order valence-electron chi connectivity index (χ2n) is 7.65. The Hall–Kier alpha value is -1.75. The van der Waals surface area contributed by atoms with Gasteiger partial charge in [-0.3, -0.25) is 0 Å². The number of hydrogen-bond donors (Lipinski definition) is 2. The molecule has 0 saturated heterocycles. The van der Waals surface area contributed by atoms with Crippen molar-refractivity contribution < 1.29 is 14.6 Å². The van der Waals surface area contributed by atoms with Gasteiger partial charge in [0.1, 0.15) is 11.4 Å². The van der Waals surface area contributed by atoms with E-state index in [4.69, 9.17) is 4.74 Å². The third kappa shape index (κ3) is 7.37. The maximum atomic E-state index is 12.1. The molecular formula is C18H30N2O3. The van der Waals surface area contributed by atoms with Crippen molar-refractivity contribution in [1.82, 2.24) is 10.2 Å². The summed E-state index contributed by atoms with van der Waals surface area (Å²) < 4.78 is 5.98. The van der Waals surface area contributed by atoms with E-state index >= 15 is 0 Å². The highest BCUT2D eigenvalue weighted by Crippen LogP contribution is 2.24. The molecule has 0 unspecified atom stereocenters. The first-order valence-electron chi connectivity index (χ1n) is 7.87. The predicted octanol–water partition coefficient (Wildman–Crippen LogP) is 3.08. The Labute approximate surface area is 139 Å². The summed E-state index contributed by atoms with van der Waals surface area (Å²) in [5, 5.41) is 12.6. The van der Waals surface area contributed by atoms with Crippen molar-refractivity contribution in [2.24, 2.45) is 0 Å². The second-order valence-corrected chi connectivity index (χ2v) is 7.65. The minimum atomic E-state index is -0.920. The molecule has 0 fully saturated rings. The van der Waals surface area contributed by atoms with E-state index in [1.54, 1.807) is 20.9 Å². The number of aryl methyl sites for hydroxylation is 1. The fourth-order valence-corrected chi connectivity index (χ4v) is 2.19. The molecule has 0 aliphatic rings. The minimum Gasteiger partial charge on any atom is -0.488 e. The number of carbonyl (C=O) groups excluding carboxylic acids is 1. The van der Waals surface area contributed by atoms with Gasteiger partial charge in [0, 0.05) is 19.2 Å². The molecule has 1 aromatic carbocycles. The number of rotatable bonds is 5. The quantitative estimate of drug-likeness (QED) is 0.876. The van der Waals surface area contributed by atoms with Crippen LogP contribution < -0.4 is 10.1 Å². The Morgan fingerprint density at radius 1 is 1.26 bits per heavy atom. The van der Waals surface area contributed by atoms with E-state index in [2.05, 4.69) is 5.32 Å². The fourth-order valence-electron chi connectivity index (χ4n) is 2.19. The number of amides is 2. The third-order valence-corrected chi connectivity index (χ3v) is 3.04. The molecule has 0 saturated carbocycles. The Bertz CT molecular complexity index is 542. The van der Waals surface area contributed by atoms with Crippen LogP contribution in [0.2, 0.25) is 0 Å². The first-order valence-corrected chi connectivity index (χ1v) is 7.87. The molecule has 1 aromatic rings. The van der Waals surface area contributed by atoms with Gasteiger partial charge in [0.25, 0.3) is 0 Å². The Morgan fingerprint density at radius 3 is 2.39 bits per heavy atom. The van der Waals surface area contributed by atoms with Crippen molar-refractivity contribution in [3.63, 3.8) is 0 Å². The lowest BCUT2D eigenvalue weighted by Crippen LogP contribution is -2.44. The highest BCUT2D eigenvalue weighted by atomic mass is 16.5. The van der Waals surface area contributed by atoms with Gasteiger partial charge in [0.2, 0.25) is 0 Å². The van der Waals surface area contributed by atoms with Crippen LogP contribution >= 0.6 is 0 Å². The van der Waals surface area contributed by atoms with E-state index < -0.39 is 5.60 Å². The molecule has 0 heterocycles. The molecule has 23 heavy (non-hydrogen) atoms. The van der Waals surface area contributed by atoms with Crippen LogP contribution in [0.1, 0.15) is 45.7 Å². The third-order valence-electron chi connectivity index (χ3n) is 3.04. The summed E-state index contributed by atoms with van der Waals surface area (Å²) in [5.74, 6) is 0.781. The number of nitrogens with zero attached hydrogens (tertiary/aromatic N) is 1. The first kappa shape index (κ1) is 19.3. The summed E-state index contributed by atoms with van der Waals surface area (Å²) in [6, 6.07) is 5.71. The van der Waals surface area contributed by atoms with Gasteiger partial charge < -0.3 is 20.1 Å². The number of hydrogen-bond acceptors (Lipinski definition) is 3. The number of likely N-dealkylation sites (N-methyl/N-ethyl adjacent to an activating group) is 1. The van der Waals surface area contributed by atoms with Gasteiger partial charge in [0.05, 0.1) is 12.1 Å². The van der Waals surface area contributed by atoms with Crippen LogP contribution in [-0.4, -0.2) is 40.8 Å². The largest absolute Gasteiger partial charge is 0.488 e. The molecule has 0 aliphatic carbocycles. The molecule has 0 atom stereocenters. The molecule has 0 aromatic heterocycles. The topological polar surface area (TPSA) is 61.8 Å². The Balaban J connectivity index is 2.76. The van der Waals surface area contributed by atoms with Gasteiger partial charge >= 0.3 is 6.03 Å². The number of nitrogens with one attached hydrogen (secondary N) is 1. The number of aliphatic hydroxyl groups is 1. The first-order chi connectivity index (χ1) is 10.4. The maximum Gasteiger partial charge on any atom is 0.317 e. The zero-order chi connectivity index (χ0) is 17.8. The monoisotopic (exact) mass is 322 g/mol. The van der Waals surface area contributed by atoms with Crippen molar-refractivity contribution >= 4 is 6.03 Å². The molecular weight excluding hydrogens is 292 g/mol. The molecule has 0 aliphatic heterocycles. The van der Waals surface area contributed by atoms with Crippen molar-refractivity contribution in [3.8, 4) is 5.75 Å². The molecule has 2 N–H and O–H groups in total. The van der Waals surface area contributed by atoms with Crippen molar-refractivity contribution in [2.45, 2.75) is 59.3 Å². The summed E-state index contributed by atoms with van der Waals surface area (Å²) in [5.41, 5.74) is 0.815. The zero-order valence-corrected chi connectivity index (χ0v) is 15.4. The van der Waals surface area contributed by atoms with Gasteiger partial charge in [-0.15, -0.1) is 0 Å². The lowest BCUT2D eigenvalue weighted by molar-refractivity contribution is 0.0531. The van der Waals surface area contributed by atoms with Gasteiger partial charge in [-0.25, -0.2) is 4.79 Å². The van der Waals surface area contributed by atoms with E-state index in [0.29, 0.717) is 6.54 Å². The molecule has 0 spiro atoms. The van der Waals surface area contributed by atoms with Gasteiger partial charge in [-0.1, -0.05) is 12.1 Å². The van der Waals surface area contributed by atoms with Crippen LogP contribution in [0, 0.1) is 6.92 Å². The van der Waals surface area contributed by atoms with Crippen LogP contribution in [0.15, 0.2) is 18.2 Å². The standard InChI is InChI=1S/C18H30N2O3/c1-13-8-9-14(15(10-13)23-17(2,3)4)11-19-16(21)20(7)12-18(5,6)22/h8-10,22H,11-12H2,1-7H3,(H,19,21). The van der Waals surface area contributed by atoms with E-state index in [1.807, 2.05) is 45.9 Å². The molecule has 0 bridgehead atoms. The fraction of sp³-hybridized carbons (Fsp3) is 0.611. The number of urea groups is 1. The van der Waals surface area contributed by atoms with E-state index in [9.17, 15) is 9.90 Å². The van der Waals surface area contributed by atoms with Crippen molar-refractivity contribution in [1.29, 1.82) is 0 Å². The van der Waals surface area contributed by atoms with Gasteiger partial charge in [-0.05, 0) is 53.2 Å². The van der Waals surface area contributed by atoms with Gasteiger partial charge in [0.15, 0.2) is 0 Å². The summed E-state index contributed by atoms with van der Waals surface area (Å²) >= 11 is 0. The molecule has 0 radical (unpaired) electrons. The smallest absolute Gasteiger partial charge is 0.317 e. The average molecular weight is 322 g/mol. The second kappa shape index (κ2) is 7.21. The molecule has 1 rings (SSSR count). The number of benzene rings is 1. The Kier molecular flexibility index (Phi) is 6.05. The van der Waals surface area contributed by atoms with Crippen LogP contribution in [0.3, 0.4) is 0 Å². The SMILES string of the molecule is Cc1ccc(CNC(=O)N(C)CC(C)(C)O)c(OC(C)(C)C)c1. The summed E-state index contributed by atoms with van der Waals surface area (Å²) in [6.07, 6.45) is 0. The summed E-state index contributed by atoms with van der Waals surface area (Å²) in [7, 11) is 1.66. The minimum absolute atomic E-state index is 0.227.